The van der Waals surface area contributed by atoms with Gasteiger partial charge < -0.3 is 21.5 Å². The van der Waals surface area contributed by atoms with Crippen LogP contribution in [0.1, 0.15) is 56.9 Å². The number of nitrogens with zero attached hydrogens (tertiary/aromatic N) is 4. The molecule has 1 amide bonds. The zero-order chi connectivity index (χ0) is 23.7. The quantitative estimate of drug-likeness (QED) is 0.564. The summed E-state index contributed by atoms with van der Waals surface area (Å²) in [5, 5.41) is 3.08. The van der Waals surface area contributed by atoms with Gasteiger partial charge >= 0.3 is 5.97 Å². The second kappa shape index (κ2) is 7.43. The number of fused-ring (bicyclic) bond motifs is 4. The summed E-state index contributed by atoms with van der Waals surface area (Å²) in [7, 11) is 1.42. The molecule has 1 aromatic rings. The van der Waals surface area contributed by atoms with Gasteiger partial charge in [0.15, 0.2) is 0 Å². The fourth-order valence-electron chi connectivity index (χ4n) is 7.10. The molecular weight excluding hydrogens is 434 g/mol. The third-order valence-corrected chi connectivity index (χ3v) is 8.46. The van der Waals surface area contributed by atoms with Gasteiger partial charge in [-0.15, -0.1) is 0 Å². The Morgan fingerprint density at radius 1 is 1.21 bits per heavy atom. The van der Waals surface area contributed by atoms with E-state index in [0.717, 1.165) is 68.4 Å². The Morgan fingerprint density at radius 3 is 2.76 bits per heavy atom. The van der Waals surface area contributed by atoms with Crippen molar-refractivity contribution in [2.24, 2.45) is 27.4 Å². The van der Waals surface area contributed by atoms with Crippen LogP contribution < -0.4 is 21.7 Å². The van der Waals surface area contributed by atoms with E-state index in [4.69, 9.17) is 21.2 Å². The molecule has 4 heterocycles. The number of esters is 1. The van der Waals surface area contributed by atoms with Crippen molar-refractivity contribution in [3.8, 4) is 0 Å². The van der Waals surface area contributed by atoms with E-state index in [-0.39, 0.29) is 29.8 Å². The second-order valence-corrected chi connectivity index (χ2v) is 10.1. The minimum atomic E-state index is -0.894. The summed E-state index contributed by atoms with van der Waals surface area (Å²) in [5.41, 5.74) is 13.5. The van der Waals surface area contributed by atoms with Gasteiger partial charge in [0.25, 0.3) is 0 Å². The summed E-state index contributed by atoms with van der Waals surface area (Å²) < 4.78 is 5.12. The van der Waals surface area contributed by atoms with Crippen LogP contribution in [0.4, 0.5) is 11.4 Å². The maximum Gasteiger partial charge on any atom is 0.310 e. The van der Waals surface area contributed by atoms with E-state index >= 15 is 0 Å². The minimum absolute atomic E-state index is 0.00325. The fourth-order valence-corrected chi connectivity index (χ4v) is 7.10. The number of carbonyl (C=O) groups is 2. The number of ether oxygens (including phenoxy) is 1. The first-order valence-corrected chi connectivity index (χ1v) is 12.2. The summed E-state index contributed by atoms with van der Waals surface area (Å²) in [6.07, 6.45) is 7.13. The molecule has 4 aliphatic heterocycles. The highest BCUT2D eigenvalue weighted by Crippen LogP contribution is 2.55. The first kappa shape index (κ1) is 21.4. The van der Waals surface area contributed by atoms with E-state index in [2.05, 4.69) is 15.2 Å². The van der Waals surface area contributed by atoms with Gasteiger partial charge in [0.2, 0.25) is 17.8 Å². The van der Waals surface area contributed by atoms with Crippen molar-refractivity contribution in [1.82, 2.24) is 4.90 Å². The van der Waals surface area contributed by atoms with Crippen molar-refractivity contribution >= 4 is 35.2 Å². The summed E-state index contributed by atoms with van der Waals surface area (Å²) in [5.74, 6) is -0.124. The Morgan fingerprint density at radius 2 is 2.00 bits per heavy atom. The van der Waals surface area contributed by atoms with Crippen LogP contribution in [0.2, 0.25) is 0 Å². The number of anilines is 2. The second-order valence-electron chi connectivity index (χ2n) is 10.1. The number of amides is 1. The van der Waals surface area contributed by atoms with Crippen molar-refractivity contribution < 1.29 is 14.3 Å². The minimum Gasteiger partial charge on any atom is -0.469 e. The maximum absolute atomic E-state index is 13.5. The average Bonchev–Trinajstić information content (AvgIpc) is 3.48. The highest BCUT2D eigenvalue weighted by atomic mass is 16.5. The molecule has 0 radical (unpaired) electrons. The van der Waals surface area contributed by atoms with Crippen molar-refractivity contribution in [3.05, 3.63) is 23.8 Å². The fraction of sp³-hybridized carbons (Fsp3) is 0.583. The Hall–Kier alpha value is -3.14. The number of nitrogens with one attached hydrogen (secondary N) is 1. The van der Waals surface area contributed by atoms with E-state index in [0.29, 0.717) is 12.4 Å². The highest BCUT2D eigenvalue weighted by Gasteiger charge is 2.63. The SMILES string of the molecule is COC(=O)C1CC2(C(=O)Nc3ccc(N4C(N)=NC(N)=NC45CCCCC5)cc32)N2CCCC12. The third-order valence-electron chi connectivity index (χ3n) is 8.46. The Balaban J connectivity index is 1.46. The molecule has 0 aromatic heterocycles. The van der Waals surface area contributed by atoms with Crippen LogP contribution in [-0.2, 0) is 19.9 Å². The number of guanidine groups is 2. The molecule has 3 atom stereocenters. The van der Waals surface area contributed by atoms with Gasteiger partial charge in [-0.3, -0.25) is 19.4 Å². The van der Waals surface area contributed by atoms with Gasteiger partial charge in [0, 0.05) is 23.0 Å². The molecular formula is C24H31N7O3. The average molecular weight is 466 g/mol. The lowest BCUT2D eigenvalue weighted by molar-refractivity contribution is -0.146. The first-order valence-electron chi connectivity index (χ1n) is 12.2. The standard InChI is InChI=1S/C24H31N7O3/c1-34-19(32)15-13-24(30-11-5-6-18(15)30)16-12-14(7-8-17(16)27-20(24)33)31-22(26)28-21(25)29-23(31)9-3-2-4-10-23/h7-8,12,15,18H,2-6,9-11,13H2,1H3,(H,27,33)(H4,25,26,28,29). The normalized spacial score (nSPS) is 31.8. The van der Waals surface area contributed by atoms with E-state index < -0.39 is 11.2 Å². The number of nitrogens with two attached hydrogens (primary N) is 2. The molecule has 180 valence electrons. The molecule has 1 aliphatic carbocycles. The molecule has 0 bridgehead atoms. The van der Waals surface area contributed by atoms with E-state index in [1.807, 2.05) is 23.1 Å². The van der Waals surface area contributed by atoms with Crippen LogP contribution in [0.25, 0.3) is 0 Å². The van der Waals surface area contributed by atoms with Crippen LogP contribution in [0.15, 0.2) is 28.2 Å². The molecule has 34 heavy (non-hydrogen) atoms. The van der Waals surface area contributed by atoms with E-state index in [9.17, 15) is 9.59 Å². The number of carbonyl (C=O) groups excluding carboxylic acids is 2. The molecule has 5 aliphatic rings. The molecule has 10 heteroatoms. The van der Waals surface area contributed by atoms with Crippen molar-refractivity contribution in [1.29, 1.82) is 0 Å². The predicted molar refractivity (Wildman–Crippen MR) is 128 cm³/mol. The molecule has 10 nitrogen and oxygen atoms in total. The molecule has 5 N–H and O–H groups in total. The van der Waals surface area contributed by atoms with Gasteiger partial charge in [-0.25, -0.2) is 4.99 Å². The largest absolute Gasteiger partial charge is 0.469 e. The number of aliphatic imine (C=N–C) groups is 2. The zero-order valence-electron chi connectivity index (χ0n) is 19.4. The lowest BCUT2D eigenvalue weighted by Gasteiger charge is -2.46. The Bertz CT molecular complexity index is 1130. The Kier molecular flexibility index (Phi) is 4.68. The summed E-state index contributed by atoms with van der Waals surface area (Å²) >= 11 is 0. The molecule has 2 spiro atoms. The molecule has 2 saturated heterocycles. The van der Waals surface area contributed by atoms with Crippen molar-refractivity contribution in [3.63, 3.8) is 0 Å². The number of hydrogen-bond donors (Lipinski definition) is 3. The number of rotatable bonds is 2. The van der Waals surface area contributed by atoms with Crippen molar-refractivity contribution in [2.45, 2.75) is 68.6 Å². The van der Waals surface area contributed by atoms with Gasteiger partial charge in [-0.2, -0.15) is 4.99 Å². The summed E-state index contributed by atoms with van der Waals surface area (Å²) in [6.45, 7) is 0.771. The highest BCUT2D eigenvalue weighted by molar-refractivity contribution is 6.09. The smallest absolute Gasteiger partial charge is 0.310 e. The van der Waals surface area contributed by atoms with E-state index in [1.165, 1.54) is 7.11 Å². The zero-order valence-corrected chi connectivity index (χ0v) is 19.4. The van der Waals surface area contributed by atoms with E-state index in [1.54, 1.807) is 0 Å². The lowest BCUT2D eigenvalue weighted by atomic mass is 9.83. The van der Waals surface area contributed by atoms with Gasteiger partial charge in [-0.1, -0.05) is 6.42 Å². The predicted octanol–water partition coefficient (Wildman–Crippen LogP) is 1.60. The first-order chi connectivity index (χ1) is 16.4. The van der Waals surface area contributed by atoms with Gasteiger partial charge in [0.05, 0.1) is 13.0 Å². The van der Waals surface area contributed by atoms with Crippen LogP contribution in [-0.4, -0.2) is 54.1 Å². The van der Waals surface area contributed by atoms with Gasteiger partial charge in [-0.05, 0) is 69.7 Å². The molecule has 3 fully saturated rings. The number of benzene rings is 1. The van der Waals surface area contributed by atoms with Crippen LogP contribution >= 0.6 is 0 Å². The maximum atomic E-state index is 13.5. The van der Waals surface area contributed by atoms with Crippen LogP contribution in [0.3, 0.4) is 0 Å². The molecule has 6 rings (SSSR count). The molecule has 3 unspecified atom stereocenters. The summed E-state index contributed by atoms with van der Waals surface area (Å²) in [6, 6.07) is 5.93. The molecule has 1 saturated carbocycles. The van der Waals surface area contributed by atoms with Gasteiger partial charge in [0.1, 0.15) is 11.2 Å². The lowest BCUT2D eigenvalue weighted by Crippen LogP contribution is -2.58. The third kappa shape index (κ3) is 2.77. The van der Waals surface area contributed by atoms with Crippen LogP contribution in [0, 0.1) is 5.92 Å². The Labute approximate surface area is 198 Å². The summed E-state index contributed by atoms with van der Waals surface area (Å²) in [4.78, 5) is 39.5. The number of methoxy groups -OCH3 is 1. The van der Waals surface area contributed by atoms with Crippen LogP contribution in [0.5, 0.6) is 0 Å². The molecule has 1 aromatic carbocycles. The van der Waals surface area contributed by atoms with Crippen molar-refractivity contribution in [2.75, 3.05) is 23.9 Å². The number of hydrogen-bond acceptors (Lipinski definition) is 9. The topological polar surface area (TPSA) is 139 Å². The monoisotopic (exact) mass is 465 g/mol.